The highest BCUT2D eigenvalue weighted by atomic mass is 79.9. The molecule has 4 heteroatoms. The molecule has 0 aliphatic heterocycles. The van der Waals surface area contributed by atoms with Crippen LogP contribution in [0.25, 0.3) is 15.9 Å². The first-order chi connectivity index (χ1) is 6.33. The second kappa shape index (κ2) is 3.11. The smallest absolute Gasteiger partial charge is 0.214 e. The SMILES string of the molecule is [C-]#[N+]c1ccc(Br)c2nccnc12. The summed E-state index contributed by atoms with van der Waals surface area (Å²) >= 11 is 3.35. The highest BCUT2D eigenvalue weighted by molar-refractivity contribution is 9.10. The van der Waals surface area contributed by atoms with Crippen molar-refractivity contribution in [2.75, 3.05) is 0 Å². The van der Waals surface area contributed by atoms with Crippen LogP contribution in [0.5, 0.6) is 0 Å². The summed E-state index contributed by atoms with van der Waals surface area (Å²) in [7, 11) is 0. The largest absolute Gasteiger partial charge is 0.265 e. The van der Waals surface area contributed by atoms with Gasteiger partial charge in [-0.1, -0.05) is 12.1 Å². The number of hydrogen-bond donors (Lipinski definition) is 0. The number of fused-ring (bicyclic) bond motifs is 1. The van der Waals surface area contributed by atoms with Crippen molar-refractivity contribution in [2.45, 2.75) is 0 Å². The predicted octanol–water partition coefficient (Wildman–Crippen LogP) is 2.94. The standard InChI is InChI=1S/C9H4BrN3/c1-11-7-3-2-6(10)8-9(7)13-5-4-12-8/h2-5H. The molecule has 0 amide bonds. The Balaban J connectivity index is 2.95. The molecule has 0 atom stereocenters. The van der Waals surface area contributed by atoms with Gasteiger partial charge in [-0.05, 0) is 15.9 Å². The minimum atomic E-state index is 0.534. The maximum absolute atomic E-state index is 6.94. The van der Waals surface area contributed by atoms with Gasteiger partial charge in [-0.15, -0.1) is 0 Å². The van der Waals surface area contributed by atoms with Crippen molar-refractivity contribution < 1.29 is 0 Å². The molecule has 1 aromatic carbocycles. The average Bonchev–Trinajstić information content (AvgIpc) is 2.19. The lowest BCUT2D eigenvalue weighted by Gasteiger charge is -1.99. The van der Waals surface area contributed by atoms with Crippen LogP contribution in [0.2, 0.25) is 0 Å². The van der Waals surface area contributed by atoms with Crippen LogP contribution in [0.15, 0.2) is 29.0 Å². The second-order valence-corrected chi connectivity index (χ2v) is 3.29. The van der Waals surface area contributed by atoms with E-state index in [2.05, 4.69) is 30.7 Å². The van der Waals surface area contributed by atoms with Gasteiger partial charge in [0.2, 0.25) is 5.69 Å². The Kier molecular flexibility index (Phi) is 1.95. The van der Waals surface area contributed by atoms with Crippen LogP contribution < -0.4 is 0 Å². The van der Waals surface area contributed by atoms with Crippen molar-refractivity contribution in [3.8, 4) is 0 Å². The summed E-state index contributed by atoms with van der Waals surface area (Å²) < 4.78 is 0.864. The molecule has 62 valence electrons. The summed E-state index contributed by atoms with van der Waals surface area (Å²) in [5.41, 5.74) is 1.91. The summed E-state index contributed by atoms with van der Waals surface area (Å²) in [5.74, 6) is 0. The first-order valence-corrected chi connectivity index (χ1v) is 4.39. The molecular weight excluding hydrogens is 230 g/mol. The van der Waals surface area contributed by atoms with Crippen LogP contribution in [-0.4, -0.2) is 9.97 Å². The Morgan fingerprint density at radius 2 is 1.85 bits per heavy atom. The fraction of sp³-hybridized carbons (Fsp3) is 0. The van der Waals surface area contributed by atoms with Crippen LogP contribution in [0.3, 0.4) is 0 Å². The van der Waals surface area contributed by atoms with Crippen LogP contribution in [-0.2, 0) is 0 Å². The van der Waals surface area contributed by atoms with E-state index in [1.807, 2.05) is 6.07 Å². The van der Waals surface area contributed by atoms with Crippen LogP contribution in [0.1, 0.15) is 0 Å². The fourth-order valence-corrected chi connectivity index (χ4v) is 1.52. The number of aromatic nitrogens is 2. The molecular formula is C9H4BrN3. The van der Waals surface area contributed by atoms with E-state index < -0.39 is 0 Å². The zero-order chi connectivity index (χ0) is 9.26. The summed E-state index contributed by atoms with van der Waals surface area (Å²) in [6.45, 7) is 6.94. The maximum Gasteiger partial charge on any atom is 0.214 e. The molecule has 3 nitrogen and oxygen atoms in total. The molecule has 1 heterocycles. The Labute approximate surface area is 83.4 Å². The summed E-state index contributed by atoms with van der Waals surface area (Å²) in [6, 6.07) is 3.54. The lowest BCUT2D eigenvalue weighted by Crippen LogP contribution is -1.82. The van der Waals surface area contributed by atoms with Crippen molar-refractivity contribution >= 4 is 32.7 Å². The molecule has 13 heavy (non-hydrogen) atoms. The Morgan fingerprint density at radius 3 is 2.54 bits per heavy atom. The number of hydrogen-bond acceptors (Lipinski definition) is 2. The van der Waals surface area contributed by atoms with Crippen molar-refractivity contribution in [3.63, 3.8) is 0 Å². The molecule has 1 aromatic heterocycles. The molecule has 0 aliphatic carbocycles. The van der Waals surface area contributed by atoms with Crippen molar-refractivity contribution in [3.05, 3.63) is 40.4 Å². The van der Waals surface area contributed by atoms with Gasteiger partial charge in [0, 0.05) is 16.9 Å². The monoisotopic (exact) mass is 233 g/mol. The van der Waals surface area contributed by atoms with E-state index in [1.54, 1.807) is 18.5 Å². The van der Waals surface area contributed by atoms with E-state index >= 15 is 0 Å². The molecule has 0 unspecified atom stereocenters. The van der Waals surface area contributed by atoms with Crippen LogP contribution in [0, 0.1) is 6.57 Å². The zero-order valence-corrected chi connectivity index (χ0v) is 8.12. The molecule has 0 spiro atoms. The van der Waals surface area contributed by atoms with E-state index in [0.29, 0.717) is 11.2 Å². The predicted molar refractivity (Wildman–Crippen MR) is 53.5 cm³/mol. The molecule has 2 rings (SSSR count). The van der Waals surface area contributed by atoms with Gasteiger partial charge in [0.15, 0.2) is 0 Å². The molecule has 0 saturated heterocycles. The molecule has 0 radical (unpaired) electrons. The number of halogens is 1. The van der Waals surface area contributed by atoms with E-state index in [1.165, 1.54) is 0 Å². The van der Waals surface area contributed by atoms with Gasteiger partial charge in [-0.3, -0.25) is 9.97 Å². The van der Waals surface area contributed by atoms with Crippen molar-refractivity contribution in [1.29, 1.82) is 0 Å². The lowest BCUT2D eigenvalue weighted by molar-refractivity contribution is 1.29. The van der Waals surface area contributed by atoms with Crippen molar-refractivity contribution in [2.24, 2.45) is 0 Å². The minimum Gasteiger partial charge on any atom is -0.265 e. The average molecular weight is 234 g/mol. The molecule has 0 saturated carbocycles. The topological polar surface area (TPSA) is 30.1 Å². The number of benzene rings is 1. The van der Waals surface area contributed by atoms with E-state index in [9.17, 15) is 0 Å². The second-order valence-electron chi connectivity index (χ2n) is 2.43. The van der Waals surface area contributed by atoms with Gasteiger partial charge in [0.25, 0.3) is 0 Å². The first-order valence-electron chi connectivity index (χ1n) is 3.59. The Morgan fingerprint density at radius 1 is 1.15 bits per heavy atom. The Bertz CT molecular complexity index is 502. The van der Waals surface area contributed by atoms with Crippen molar-refractivity contribution in [1.82, 2.24) is 9.97 Å². The number of rotatable bonds is 0. The molecule has 0 aliphatic rings. The lowest BCUT2D eigenvalue weighted by atomic mass is 10.2. The third kappa shape index (κ3) is 1.27. The molecule has 0 N–H and O–H groups in total. The summed E-state index contributed by atoms with van der Waals surface area (Å²) in [6.07, 6.45) is 3.20. The van der Waals surface area contributed by atoms with E-state index in [4.69, 9.17) is 6.57 Å². The Hall–Kier alpha value is -1.47. The number of nitrogens with zero attached hydrogens (tertiary/aromatic N) is 3. The highest BCUT2D eigenvalue weighted by Gasteiger charge is 2.04. The third-order valence-corrected chi connectivity index (χ3v) is 2.31. The van der Waals surface area contributed by atoms with Gasteiger partial charge in [-0.25, -0.2) is 4.85 Å². The molecule has 0 bridgehead atoms. The zero-order valence-electron chi connectivity index (χ0n) is 6.53. The summed E-state index contributed by atoms with van der Waals surface area (Å²) in [5, 5.41) is 0. The first kappa shape index (κ1) is 8.14. The third-order valence-electron chi connectivity index (χ3n) is 1.68. The van der Waals surface area contributed by atoms with E-state index in [-0.39, 0.29) is 0 Å². The fourth-order valence-electron chi connectivity index (χ4n) is 1.10. The normalized spacial score (nSPS) is 9.85. The summed E-state index contributed by atoms with van der Waals surface area (Å²) in [4.78, 5) is 11.6. The van der Waals surface area contributed by atoms with Gasteiger partial charge in [-0.2, -0.15) is 0 Å². The van der Waals surface area contributed by atoms with E-state index in [0.717, 1.165) is 9.99 Å². The van der Waals surface area contributed by atoms with Gasteiger partial charge < -0.3 is 0 Å². The van der Waals surface area contributed by atoms with Gasteiger partial charge in [0.05, 0.1) is 17.6 Å². The van der Waals surface area contributed by atoms with Gasteiger partial charge >= 0.3 is 0 Å². The minimum absolute atomic E-state index is 0.534. The molecule has 0 fully saturated rings. The maximum atomic E-state index is 6.94. The molecule has 2 aromatic rings. The van der Waals surface area contributed by atoms with Crippen LogP contribution in [0.4, 0.5) is 5.69 Å². The highest BCUT2D eigenvalue weighted by Crippen LogP contribution is 2.28. The van der Waals surface area contributed by atoms with Gasteiger partial charge in [0.1, 0.15) is 0 Å². The van der Waals surface area contributed by atoms with Crippen LogP contribution >= 0.6 is 15.9 Å². The quantitative estimate of drug-likeness (QED) is 0.656.